The molecule has 114 valence electrons. The standard InChI is InChI=1S/C17H17NO2S2/c1-12-4-6-16(7-5-12)22(19,20)18-9-8-14-11-15(21-3)10-13(2)17(14)18/h4-11H,1-3H3. The second-order valence-electron chi connectivity index (χ2n) is 5.31. The Balaban J connectivity index is 2.24. The van der Waals surface area contributed by atoms with Gasteiger partial charge in [-0.05, 0) is 56.0 Å². The molecule has 0 aliphatic carbocycles. The highest BCUT2D eigenvalue weighted by Gasteiger charge is 2.20. The molecule has 0 saturated heterocycles. The molecule has 0 amide bonds. The van der Waals surface area contributed by atoms with Crippen LogP contribution in [0.15, 0.2) is 58.5 Å². The van der Waals surface area contributed by atoms with Gasteiger partial charge in [-0.25, -0.2) is 12.4 Å². The van der Waals surface area contributed by atoms with Crippen molar-refractivity contribution in [2.24, 2.45) is 0 Å². The smallest absolute Gasteiger partial charge is 0.241 e. The van der Waals surface area contributed by atoms with Gasteiger partial charge in [-0.2, -0.15) is 0 Å². The zero-order valence-corrected chi connectivity index (χ0v) is 14.3. The summed E-state index contributed by atoms with van der Waals surface area (Å²) >= 11 is 1.65. The van der Waals surface area contributed by atoms with Gasteiger partial charge in [-0.3, -0.25) is 0 Å². The summed E-state index contributed by atoms with van der Waals surface area (Å²) < 4.78 is 27.2. The Hall–Kier alpha value is -1.72. The third-order valence-electron chi connectivity index (χ3n) is 3.73. The van der Waals surface area contributed by atoms with Crippen LogP contribution >= 0.6 is 11.8 Å². The summed E-state index contributed by atoms with van der Waals surface area (Å²) in [7, 11) is -3.57. The van der Waals surface area contributed by atoms with E-state index in [9.17, 15) is 8.42 Å². The predicted molar refractivity (Wildman–Crippen MR) is 92.2 cm³/mol. The first kappa shape index (κ1) is 15.2. The summed E-state index contributed by atoms with van der Waals surface area (Å²) in [6.07, 6.45) is 3.65. The van der Waals surface area contributed by atoms with Gasteiger partial charge in [0.15, 0.2) is 0 Å². The average molecular weight is 331 g/mol. The Bertz CT molecular complexity index is 939. The van der Waals surface area contributed by atoms with E-state index < -0.39 is 10.0 Å². The number of hydrogen-bond acceptors (Lipinski definition) is 3. The summed E-state index contributed by atoms with van der Waals surface area (Å²) in [4.78, 5) is 1.44. The van der Waals surface area contributed by atoms with Crippen LogP contribution in [0.4, 0.5) is 0 Å². The first-order chi connectivity index (χ1) is 10.4. The zero-order valence-electron chi connectivity index (χ0n) is 12.7. The molecule has 22 heavy (non-hydrogen) atoms. The maximum absolute atomic E-state index is 12.9. The molecule has 0 saturated carbocycles. The summed E-state index contributed by atoms with van der Waals surface area (Å²) in [6.45, 7) is 3.89. The molecule has 0 fully saturated rings. The van der Waals surface area contributed by atoms with Crippen molar-refractivity contribution < 1.29 is 8.42 Å². The lowest BCUT2D eigenvalue weighted by Crippen LogP contribution is -2.12. The maximum Gasteiger partial charge on any atom is 0.268 e. The minimum absolute atomic E-state index is 0.309. The Morgan fingerprint density at radius 1 is 1.00 bits per heavy atom. The highest BCUT2D eigenvalue weighted by molar-refractivity contribution is 7.98. The van der Waals surface area contributed by atoms with Crippen molar-refractivity contribution in [2.75, 3.05) is 6.26 Å². The first-order valence-electron chi connectivity index (χ1n) is 6.91. The van der Waals surface area contributed by atoms with Gasteiger partial charge in [0.05, 0.1) is 10.4 Å². The van der Waals surface area contributed by atoms with Crippen molar-refractivity contribution in [3.05, 3.63) is 59.8 Å². The third-order valence-corrected chi connectivity index (χ3v) is 6.12. The van der Waals surface area contributed by atoms with Crippen molar-refractivity contribution in [1.82, 2.24) is 3.97 Å². The van der Waals surface area contributed by atoms with E-state index >= 15 is 0 Å². The largest absolute Gasteiger partial charge is 0.268 e. The second kappa shape index (κ2) is 5.48. The van der Waals surface area contributed by atoms with E-state index in [1.54, 1.807) is 30.1 Å². The quantitative estimate of drug-likeness (QED) is 0.675. The first-order valence-corrected chi connectivity index (χ1v) is 9.58. The van der Waals surface area contributed by atoms with Gasteiger partial charge >= 0.3 is 0 Å². The summed E-state index contributed by atoms with van der Waals surface area (Å²) in [6, 6.07) is 12.8. The van der Waals surface area contributed by atoms with Crippen LogP contribution < -0.4 is 0 Å². The Kier molecular flexibility index (Phi) is 3.78. The van der Waals surface area contributed by atoms with Crippen molar-refractivity contribution in [1.29, 1.82) is 0 Å². The van der Waals surface area contributed by atoms with E-state index in [-0.39, 0.29) is 0 Å². The predicted octanol–water partition coefficient (Wildman–Crippen LogP) is 4.22. The SMILES string of the molecule is CSc1cc(C)c2c(ccn2S(=O)(=O)c2ccc(C)cc2)c1. The Labute approximate surface area is 135 Å². The monoisotopic (exact) mass is 331 g/mol. The third kappa shape index (κ3) is 2.44. The topological polar surface area (TPSA) is 39.1 Å². The molecule has 0 aliphatic rings. The average Bonchev–Trinajstić information content (AvgIpc) is 2.92. The number of benzene rings is 2. The van der Waals surface area contributed by atoms with E-state index in [1.165, 1.54) is 3.97 Å². The number of aromatic nitrogens is 1. The number of fused-ring (bicyclic) bond motifs is 1. The van der Waals surface area contributed by atoms with Crippen molar-refractivity contribution in [3.8, 4) is 0 Å². The number of aryl methyl sites for hydroxylation is 2. The van der Waals surface area contributed by atoms with Crippen LogP contribution in [-0.2, 0) is 10.0 Å². The molecule has 1 aromatic heterocycles. The molecule has 0 spiro atoms. The number of thioether (sulfide) groups is 1. The highest BCUT2D eigenvalue weighted by Crippen LogP contribution is 2.29. The lowest BCUT2D eigenvalue weighted by Gasteiger charge is -2.10. The van der Waals surface area contributed by atoms with E-state index in [0.717, 1.165) is 26.9 Å². The van der Waals surface area contributed by atoms with Gasteiger partial charge in [0.1, 0.15) is 0 Å². The van der Waals surface area contributed by atoms with Crippen molar-refractivity contribution >= 4 is 32.7 Å². The molecule has 0 unspecified atom stereocenters. The molecular formula is C17H17NO2S2. The normalized spacial score (nSPS) is 12.0. The fraction of sp³-hybridized carbons (Fsp3) is 0.176. The summed E-state index contributed by atoms with van der Waals surface area (Å²) in [5, 5.41) is 0.944. The lowest BCUT2D eigenvalue weighted by molar-refractivity contribution is 0.589. The van der Waals surface area contributed by atoms with Gasteiger partial charge in [-0.15, -0.1) is 11.8 Å². The molecule has 0 radical (unpaired) electrons. The molecule has 0 atom stereocenters. The molecular weight excluding hydrogens is 314 g/mol. The van der Waals surface area contributed by atoms with Gasteiger partial charge in [0.2, 0.25) is 0 Å². The maximum atomic E-state index is 12.9. The minimum atomic E-state index is -3.57. The van der Waals surface area contributed by atoms with Crippen LogP contribution in [-0.4, -0.2) is 18.6 Å². The second-order valence-corrected chi connectivity index (χ2v) is 8.01. The summed E-state index contributed by atoms with van der Waals surface area (Å²) in [5.74, 6) is 0. The molecule has 2 aromatic carbocycles. The molecule has 1 heterocycles. The molecule has 3 aromatic rings. The fourth-order valence-electron chi connectivity index (χ4n) is 2.57. The number of nitrogens with zero attached hydrogens (tertiary/aromatic N) is 1. The molecule has 3 rings (SSSR count). The van der Waals surface area contributed by atoms with E-state index in [1.807, 2.05) is 50.4 Å². The van der Waals surface area contributed by atoms with Gasteiger partial charge < -0.3 is 0 Å². The van der Waals surface area contributed by atoms with Crippen LogP contribution in [0, 0.1) is 13.8 Å². The van der Waals surface area contributed by atoms with Crippen LogP contribution in [0.5, 0.6) is 0 Å². The van der Waals surface area contributed by atoms with Gasteiger partial charge in [0.25, 0.3) is 10.0 Å². The highest BCUT2D eigenvalue weighted by atomic mass is 32.2. The Morgan fingerprint density at radius 2 is 1.68 bits per heavy atom. The van der Waals surface area contributed by atoms with Crippen LogP contribution in [0.2, 0.25) is 0 Å². The molecule has 0 N–H and O–H groups in total. The molecule has 5 heteroatoms. The molecule has 3 nitrogen and oxygen atoms in total. The minimum Gasteiger partial charge on any atom is -0.241 e. The Morgan fingerprint density at radius 3 is 2.32 bits per heavy atom. The fourth-order valence-corrected chi connectivity index (χ4v) is 4.52. The van der Waals surface area contributed by atoms with Crippen LogP contribution in [0.1, 0.15) is 11.1 Å². The van der Waals surface area contributed by atoms with E-state index in [0.29, 0.717) is 4.90 Å². The van der Waals surface area contributed by atoms with Crippen molar-refractivity contribution in [2.45, 2.75) is 23.6 Å². The van der Waals surface area contributed by atoms with Crippen molar-refractivity contribution in [3.63, 3.8) is 0 Å². The van der Waals surface area contributed by atoms with E-state index in [4.69, 9.17) is 0 Å². The van der Waals surface area contributed by atoms with E-state index in [2.05, 4.69) is 0 Å². The molecule has 0 bridgehead atoms. The lowest BCUT2D eigenvalue weighted by atomic mass is 10.2. The number of rotatable bonds is 3. The van der Waals surface area contributed by atoms with Gasteiger partial charge in [-0.1, -0.05) is 17.7 Å². The van der Waals surface area contributed by atoms with Gasteiger partial charge in [0, 0.05) is 16.5 Å². The van der Waals surface area contributed by atoms with Crippen LogP contribution in [0.25, 0.3) is 10.9 Å². The molecule has 0 aliphatic heterocycles. The zero-order chi connectivity index (χ0) is 15.9. The number of hydrogen-bond donors (Lipinski definition) is 0. The summed E-state index contributed by atoms with van der Waals surface area (Å²) in [5.41, 5.74) is 2.75. The van der Waals surface area contributed by atoms with Crippen LogP contribution in [0.3, 0.4) is 0 Å².